The van der Waals surface area contributed by atoms with Gasteiger partial charge in [0.25, 0.3) is 0 Å². The van der Waals surface area contributed by atoms with E-state index in [0.29, 0.717) is 38.0 Å². The fourth-order valence-corrected chi connectivity index (χ4v) is 4.17. The van der Waals surface area contributed by atoms with Crippen molar-refractivity contribution in [3.05, 3.63) is 48.2 Å². The zero-order chi connectivity index (χ0) is 22.0. The van der Waals surface area contributed by atoms with Crippen LogP contribution >= 0.6 is 0 Å². The second-order valence-corrected chi connectivity index (χ2v) is 7.85. The maximum absolute atomic E-state index is 13.4. The molecule has 0 bridgehead atoms. The van der Waals surface area contributed by atoms with Gasteiger partial charge in [-0.15, -0.1) is 0 Å². The Balaban J connectivity index is 1.46. The van der Waals surface area contributed by atoms with Crippen molar-refractivity contribution in [1.29, 1.82) is 0 Å². The molecule has 1 N–H and O–H groups in total. The summed E-state index contributed by atoms with van der Waals surface area (Å²) in [5.41, 5.74) is 0.501. The Kier molecular flexibility index (Phi) is 5.84. The first kappa shape index (κ1) is 21.1. The number of aromatic nitrogens is 1. The summed E-state index contributed by atoms with van der Waals surface area (Å²) in [6, 6.07) is 9.36. The molecule has 2 aliphatic rings. The van der Waals surface area contributed by atoms with Crippen molar-refractivity contribution in [2.45, 2.75) is 31.9 Å². The number of hydrogen-bond donors (Lipinski definition) is 1. The van der Waals surface area contributed by atoms with Crippen molar-refractivity contribution >= 4 is 29.0 Å². The smallest absolute Gasteiger partial charge is 0.355 e. The Morgan fingerprint density at radius 2 is 1.97 bits per heavy atom. The fourth-order valence-electron chi connectivity index (χ4n) is 4.17. The molecule has 0 aliphatic carbocycles. The fraction of sp³-hybridized carbons (Fsp3) is 0.409. The number of carbonyl (C=O) groups is 2. The first-order chi connectivity index (χ1) is 14.8. The van der Waals surface area contributed by atoms with Crippen molar-refractivity contribution < 1.29 is 22.8 Å². The summed E-state index contributed by atoms with van der Waals surface area (Å²) in [7, 11) is 0. The third-order valence-electron chi connectivity index (χ3n) is 5.68. The highest BCUT2D eigenvalue weighted by Gasteiger charge is 2.37. The molecule has 1 aromatic heterocycles. The number of nitrogens with zero attached hydrogens (tertiary/aromatic N) is 3. The molecule has 0 saturated carbocycles. The third kappa shape index (κ3) is 4.65. The van der Waals surface area contributed by atoms with Gasteiger partial charge in [0.2, 0.25) is 11.8 Å². The number of rotatable bonds is 4. The van der Waals surface area contributed by atoms with Crippen LogP contribution in [0.1, 0.15) is 31.2 Å². The van der Waals surface area contributed by atoms with Gasteiger partial charge in [0, 0.05) is 43.6 Å². The highest BCUT2D eigenvalue weighted by molar-refractivity contribution is 5.97. The maximum atomic E-state index is 13.4. The van der Waals surface area contributed by atoms with Gasteiger partial charge in [0.05, 0.1) is 11.5 Å². The van der Waals surface area contributed by atoms with E-state index in [9.17, 15) is 22.8 Å². The molecular weight excluding hydrogens is 409 g/mol. The lowest BCUT2D eigenvalue weighted by molar-refractivity contribution is -0.137. The van der Waals surface area contributed by atoms with E-state index in [1.807, 2.05) is 6.07 Å². The minimum absolute atomic E-state index is 0.0576. The van der Waals surface area contributed by atoms with Crippen LogP contribution in [0.3, 0.4) is 0 Å². The highest BCUT2D eigenvalue weighted by Crippen LogP contribution is 2.36. The summed E-state index contributed by atoms with van der Waals surface area (Å²) in [4.78, 5) is 32.0. The molecule has 1 atom stereocenters. The zero-order valence-corrected chi connectivity index (χ0v) is 16.9. The molecule has 164 valence electrons. The lowest BCUT2D eigenvalue weighted by Crippen LogP contribution is -2.42. The molecule has 1 unspecified atom stereocenters. The number of nitrogens with one attached hydrogen (secondary N) is 1. The number of hydrogen-bond acceptors (Lipinski definition) is 4. The first-order valence-corrected chi connectivity index (χ1v) is 10.3. The summed E-state index contributed by atoms with van der Waals surface area (Å²) in [6.07, 6.45) is -0.677. The number of pyridine rings is 1. The Morgan fingerprint density at radius 3 is 2.71 bits per heavy atom. The van der Waals surface area contributed by atoms with E-state index in [1.54, 1.807) is 23.1 Å². The Bertz CT molecular complexity index is 979. The third-order valence-corrected chi connectivity index (χ3v) is 5.68. The summed E-state index contributed by atoms with van der Waals surface area (Å²) >= 11 is 0. The van der Waals surface area contributed by atoms with Gasteiger partial charge < -0.3 is 15.1 Å². The molecule has 6 nitrogen and oxygen atoms in total. The quantitative estimate of drug-likeness (QED) is 0.791. The lowest BCUT2D eigenvalue weighted by atomic mass is 9.96. The van der Waals surface area contributed by atoms with Gasteiger partial charge in [-0.25, -0.2) is 4.98 Å². The average molecular weight is 432 g/mol. The van der Waals surface area contributed by atoms with Crippen molar-refractivity contribution in [2.75, 3.05) is 34.8 Å². The van der Waals surface area contributed by atoms with Gasteiger partial charge in [-0.1, -0.05) is 6.07 Å². The van der Waals surface area contributed by atoms with Gasteiger partial charge >= 0.3 is 6.18 Å². The first-order valence-electron chi connectivity index (χ1n) is 10.3. The minimum Gasteiger partial charge on any atom is -0.355 e. The topological polar surface area (TPSA) is 65.5 Å². The Morgan fingerprint density at radius 1 is 1.13 bits per heavy atom. The largest absolute Gasteiger partial charge is 0.419 e. The van der Waals surface area contributed by atoms with Gasteiger partial charge in [-0.2, -0.15) is 13.2 Å². The average Bonchev–Trinajstić information content (AvgIpc) is 3.19. The summed E-state index contributed by atoms with van der Waals surface area (Å²) in [5.74, 6) is -0.794. The standard InChI is InChI=1S/C22H23F3N4O2/c23-22(24,25)18-8-2-10-26-20(18)28-11-3-5-15(14-28)21(31)27-16-6-1-7-17(13-16)29-12-4-9-19(29)30/h1-2,6-8,10,13,15H,3-5,9,11-12,14H2,(H,27,31). The molecule has 2 aromatic rings. The molecule has 2 aliphatic heterocycles. The van der Waals surface area contributed by atoms with E-state index >= 15 is 0 Å². The number of piperidine rings is 1. The molecule has 0 spiro atoms. The Hall–Kier alpha value is -3.10. The van der Waals surface area contributed by atoms with Crippen LogP contribution in [-0.2, 0) is 15.8 Å². The minimum atomic E-state index is -4.51. The van der Waals surface area contributed by atoms with Crippen LogP contribution in [0, 0.1) is 5.92 Å². The second-order valence-electron chi connectivity index (χ2n) is 7.85. The normalized spacial score (nSPS) is 19.6. The van der Waals surface area contributed by atoms with Crippen molar-refractivity contribution in [3.8, 4) is 0 Å². The van der Waals surface area contributed by atoms with Crippen molar-refractivity contribution in [2.24, 2.45) is 5.92 Å². The molecule has 1 aromatic carbocycles. The predicted octanol–water partition coefficient (Wildman–Crippen LogP) is 4.08. The zero-order valence-electron chi connectivity index (χ0n) is 16.9. The van der Waals surface area contributed by atoms with E-state index < -0.39 is 17.7 Å². The van der Waals surface area contributed by atoms with Crippen LogP contribution < -0.4 is 15.1 Å². The van der Waals surface area contributed by atoms with Crippen molar-refractivity contribution in [3.63, 3.8) is 0 Å². The highest BCUT2D eigenvalue weighted by atomic mass is 19.4. The molecule has 3 heterocycles. The summed E-state index contributed by atoms with van der Waals surface area (Å²) < 4.78 is 40.1. The van der Waals surface area contributed by atoms with Gasteiger partial charge in [-0.3, -0.25) is 9.59 Å². The molecule has 4 rings (SSSR count). The molecule has 2 saturated heterocycles. The van der Waals surface area contributed by atoms with Crippen LogP contribution in [0.15, 0.2) is 42.6 Å². The second kappa shape index (κ2) is 8.56. The van der Waals surface area contributed by atoms with Crippen LogP contribution in [0.25, 0.3) is 0 Å². The van der Waals surface area contributed by atoms with Crippen LogP contribution in [0.4, 0.5) is 30.4 Å². The van der Waals surface area contributed by atoms with Gasteiger partial charge in [0.1, 0.15) is 5.82 Å². The molecular formula is C22H23F3N4O2. The van der Waals surface area contributed by atoms with Gasteiger partial charge in [0.15, 0.2) is 0 Å². The molecule has 9 heteroatoms. The number of anilines is 3. The van der Waals surface area contributed by atoms with E-state index in [-0.39, 0.29) is 24.2 Å². The predicted molar refractivity (Wildman–Crippen MR) is 111 cm³/mol. The molecule has 2 amide bonds. The number of carbonyl (C=O) groups excluding carboxylic acids is 2. The summed E-state index contributed by atoms with van der Waals surface area (Å²) in [5, 5.41) is 2.86. The number of halogens is 3. The maximum Gasteiger partial charge on any atom is 0.419 e. The van der Waals surface area contributed by atoms with E-state index in [4.69, 9.17) is 0 Å². The number of alkyl halides is 3. The van der Waals surface area contributed by atoms with E-state index in [2.05, 4.69) is 10.3 Å². The molecule has 0 radical (unpaired) electrons. The molecule has 31 heavy (non-hydrogen) atoms. The SMILES string of the molecule is O=C(Nc1cccc(N2CCCC2=O)c1)C1CCCN(c2ncccc2C(F)(F)F)C1. The van der Waals surface area contributed by atoms with E-state index in [1.165, 1.54) is 17.2 Å². The van der Waals surface area contributed by atoms with E-state index in [0.717, 1.165) is 18.2 Å². The van der Waals surface area contributed by atoms with Crippen LogP contribution in [0.5, 0.6) is 0 Å². The van der Waals surface area contributed by atoms with Crippen LogP contribution in [-0.4, -0.2) is 36.4 Å². The summed E-state index contributed by atoms with van der Waals surface area (Å²) in [6.45, 7) is 1.23. The van der Waals surface area contributed by atoms with Crippen molar-refractivity contribution in [1.82, 2.24) is 4.98 Å². The monoisotopic (exact) mass is 432 g/mol. The van der Waals surface area contributed by atoms with Gasteiger partial charge in [-0.05, 0) is 49.6 Å². The molecule has 2 fully saturated rings. The van der Waals surface area contributed by atoms with Crippen LogP contribution in [0.2, 0.25) is 0 Å². The Labute approximate surface area is 178 Å². The number of amides is 2. The lowest BCUT2D eigenvalue weighted by Gasteiger charge is -2.34. The number of benzene rings is 1.